The van der Waals surface area contributed by atoms with E-state index in [9.17, 15) is 0 Å². The van der Waals surface area contributed by atoms with Gasteiger partial charge in [0, 0.05) is 0 Å². The second-order valence-electron chi connectivity index (χ2n) is 0. The van der Waals surface area contributed by atoms with Gasteiger partial charge in [-0.05, 0) is 0 Å². The molecule has 5 heteroatoms. The third kappa shape index (κ3) is 20.2. The molecule has 2 nitrogen and oxygen atoms in total. The first-order valence-electron chi connectivity index (χ1n) is 0.154. The van der Waals surface area contributed by atoms with Crippen LogP contribution >= 0.6 is 11.9 Å². The average Bonchev–Trinajstić information content (AvgIpc) is 1.00. The van der Waals surface area contributed by atoms with Gasteiger partial charge in [0.25, 0.3) is 0 Å². The molecule has 0 rings (SSSR count). The van der Waals surface area contributed by atoms with Crippen molar-refractivity contribution >= 4 is 87.3 Å². The molecule has 0 unspecified atom stereocenters. The van der Waals surface area contributed by atoms with Crippen molar-refractivity contribution in [3.05, 3.63) is 0 Å². The molecule has 0 spiro atoms. The van der Waals surface area contributed by atoms with Crippen LogP contribution in [0, 0.1) is 0 Å². The van der Waals surface area contributed by atoms with Gasteiger partial charge in [-0.3, -0.25) is 0 Å². The fraction of sp³-hybridized carbons (Fsp3) is 0. The summed E-state index contributed by atoms with van der Waals surface area (Å²) in [5.74, 6) is 0. The minimum Gasteiger partial charge on any atom is -2.00 e. The maximum absolute atomic E-state index is 7.72. The predicted octanol–water partition coefficient (Wildman–Crippen LogP) is -1.38. The molecule has 0 fully saturated rings. The van der Waals surface area contributed by atoms with Gasteiger partial charge in [-0.2, -0.15) is 0 Å². The van der Waals surface area contributed by atoms with Gasteiger partial charge in [0.05, 0.1) is 0 Å². The van der Waals surface area contributed by atoms with E-state index in [4.69, 9.17) is 4.66 Å². The average molecular weight is 148 g/mol. The summed E-state index contributed by atoms with van der Waals surface area (Å²) in [4.78, 5) is 0. The zero-order valence-electron chi connectivity index (χ0n) is 2.61. The first-order chi connectivity index (χ1) is 1.00. The first-order valence-corrected chi connectivity index (χ1v) is 0.463. The number of halogens is 1. The molecule has 0 aliphatic carbocycles. The summed E-state index contributed by atoms with van der Waals surface area (Å²) in [5.41, 5.74) is 0. The van der Waals surface area contributed by atoms with Crippen molar-refractivity contribution in [2.75, 3.05) is 0 Å². The molecule has 0 aliphatic rings. The van der Waals surface area contributed by atoms with Crippen molar-refractivity contribution in [1.82, 2.24) is 0 Å². The van der Waals surface area contributed by atoms with Crippen LogP contribution in [0.25, 0.3) is 0 Å². The summed E-state index contributed by atoms with van der Waals surface area (Å²) in [7, 11) is 0. The molecule has 0 N–H and O–H groups in total. The molecule has 0 amide bonds. The van der Waals surface area contributed by atoms with Crippen molar-refractivity contribution in [3.8, 4) is 0 Å². The van der Waals surface area contributed by atoms with E-state index in [-0.39, 0.29) is 81.0 Å². The normalized spacial score (nSPS) is 1.20. The fourth-order valence-electron chi connectivity index (χ4n) is 0. The smallest absolute Gasteiger partial charge is 2.00 e. The standard InChI is InChI=1S/2Ca.ClO.O/c;;1-2;/q2*+2;-1;-2. The molecular formula is Ca2ClO2+. The zero-order valence-corrected chi connectivity index (χ0v) is 7.78. The summed E-state index contributed by atoms with van der Waals surface area (Å²) in [6, 6.07) is 0. The van der Waals surface area contributed by atoms with Gasteiger partial charge in [0.2, 0.25) is 0 Å². The van der Waals surface area contributed by atoms with Crippen LogP contribution in [0.1, 0.15) is 0 Å². The van der Waals surface area contributed by atoms with E-state index in [0.717, 1.165) is 0 Å². The van der Waals surface area contributed by atoms with Crippen molar-refractivity contribution < 1.29 is 10.1 Å². The molecule has 0 atom stereocenters. The molecule has 0 aromatic rings. The predicted molar refractivity (Wildman–Crippen MR) is 18.0 cm³/mol. The van der Waals surface area contributed by atoms with E-state index in [0.29, 0.717) is 0 Å². The first kappa shape index (κ1) is 25.2. The van der Waals surface area contributed by atoms with Gasteiger partial charge in [-0.25, -0.2) is 11.9 Å². The minimum atomic E-state index is 0. The molecule has 0 aromatic heterocycles. The van der Waals surface area contributed by atoms with Crippen LogP contribution in [0.5, 0.6) is 0 Å². The van der Waals surface area contributed by atoms with Crippen LogP contribution in [0.15, 0.2) is 0 Å². The molecule has 0 heterocycles. The summed E-state index contributed by atoms with van der Waals surface area (Å²) < 4.78 is 7.72. The Morgan fingerprint density at radius 2 is 1.00 bits per heavy atom. The van der Waals surface area contributed by atoms with Crippen molar-refractivity contribution in [1.29, 1.82) is 0 Å². The maximum atomic E-state index is 7.72. The Labute approximate surface area is 95.4 Å². The van der Waals surface area contributed by atoms with Crippen molar-refractivity contribution in [2.24, 2.45) is 0 Å². The van der Waals surface area contributed by atoms with Crippen molar-refractivity contribution in [2.45, 2.75) is 0 Å². The van der Waals surface area contributed by atoms with Crippen LogP contribution in [0.4, 0.5) is 0 Å². The quantitative estimate of drug-likeness (QED) is 0.390. The van der Waals surface area contributed by atoms with Crippen LogP contribution in [-0.4, -0.2) is 75.5 Å². The Kier molecular flexibility index (Phi) is 149. The molecule has 0 aromatic carbocycles. The Balaban J connectivity index is -0.00000000167. The Morgan fingerprint density at radius 1 is 1.00 bits per heavy atom. The fourth-order valence-corrected chi connectivity index (χ4v) is 0. The number of rotatable bonds is 0. The van der Waals surface area contributed by atoms with Crippen LogP contribution in [-0.2, 0) is 5.48 Å². The molecule has 5 heavy (non-hydrogen) atoms. The van der Waals surface area contributed by atoms with E-state index in [1.165, 1.54) is 0 Å². The molecule has 0 radical (unpaired) electrons. The third-order valence-corrected chi connectivity index (χ3v) is 0. The molecule has 0 saturated heterocycles. The molecule has 22 valence electrons. The zero-order chi connectivity index (χ0) is 2.00. The van der Waals surface area contributed by atoms with Gasteiger partial charge >= 0.3 is 75.5 Å². The molecular weight excluding hydrogens is 148 g/mol. The SMILES string of the molecule is [Ca+2].[Ca+2].[O-2].[O-]Cl. The third-order valence-electron chi connectivity index (χ3n) is 0. The summed E-state index contributed by atoms with van der Waals surface area (Å²) in [6.45, 7) is 0. The van der Waals surface area contributed by atoms with Gasteiger partial charge in [-0.15, -0.1) is 0 Å². The monoisotopic (exact) mass is 147 g/mol. The van der Waals surface area contributed by atoms with E-state index < -0.39 is 0 Å². The van der Waals surface area contributed by atoms with Crippen LogP contribution in [0.2, 0.25) is 0 Å². The van der Waals surface area contributed by atoms with E-state index in [1.807, 2.05) is 0 Å². The van der Waals surface area contributed by atoms with E-state index >= 15 is 0 Å². The molecule has 0 saturated carbocycles. The minimum absolute atomic E-state index is 0. The number of hydrogen-bond donors (Lipinski definition) is 0. The van der Waals surface area contributed by atoms with Crippen molar-refractivity contribution in [3.63, 3.8) is 0 Å². The Bertz CT molecular complexity index is 7.61. The topological polar surface area (TPSA) is 51.6 Å². The largest absolute Gasteiger partial charge is 2.00 e. The molecule has 0 bridgehead atoms. The Morgan fingerprint density at radius 3 is 1.00 bits per heavy atom. The van der Waals surface area contributed by atoms with Gasteiger partial charge in [-0.1, -0.05) is 0 Å². The number of hydrogen-bond acceptors (Lipinski definition) is 1. The Hall–Kier alpha value is 2.73. The van der Waals surface area contributed by atoms with Gasteiger partial charge < -0.3 is 10.1 Å². The summed E-state index contributed by atoms with van der Waals surface area (Å²) in [5, 5.41) is 0. The van der Waals surface area contributed by atoms with E-state index in [2.05, 4.69) is 11.9 Å². The maximum Gasteiger partial charge on any atom is 2.00 e. The van der Waals surface area contributed by atoms with Gasteiger partial charge in [0.1, 0.15) is 0 Å². The second-order valence-corrected chi connectivity index (χ2v) is 0. The molecule has 0 aliphatic heterocycles. The summed E-state index contributed by atoms with van der Waals surface area (Å²) in [6.07, 6.45) is 0. The van der Waals surface area contributed by atoms with Crippen LogP contribution in [0.3, 0.4) is 0 Å². The van der Waals surface area contributed by atoms with E-state index in [1.54, 1.807) is 0 Å². The summed E-state index contributed by atoms with van der Waals surface area (Å²) >= 11 is 3.39. The van der Waals surface area contributed by atoms with Gasteiger partial charge in [0.15, 0.2) is 0 Å². The second kappa shape index (κ2) is 29.7. The van der Waals surface area contributed by atoms with Crippen LogP contribution < -0.4 is 4.66 Å².